The zero-order chi connectivity index (χ0) is 19.0. The molecule has 1 fully saturated rings. The van der Waals surface area contributed by atoms with Gasteiger partial charge in [0.1, 0.15) is 22.8 Å². The molecule has 27 heavy (non-hydrogen) atoms. The van der Waals surface area contributed by atoms with E-state index in [9.17, 15) is 10.4 Å². The van der Waals surface area contributed by atoms with Crippen LogP contribution in [0, 0.1) is 11.3 Å². The van der Waals surface area contributed by atoms with E-state index in [1.54, 1.807) is 4.68 Å². The molecule has 0 bridgehead atoms. The largest absolute Gasteiger partial charge is 0.393 e. The van der Waals surface area contributed by atoms with Crippen molar-refractivity contribution >= 4 is 44.2 Å². The number of rotatable bonds is 3. The van der Waals surface area contributed by atoms with Crippen LogP contribution in [0.5, 0.6) is 0 Å². The van der Waals surface area contributed by atoms with Crippen LogP contribution in [-0.2, 0) is 7.05 Å². The topological polar surface area (TPSA) is 103 Å². The highest BCUT2D eigenvalue weighted by Crippen LogP contribution is 2.31. The molecule has 0 spiro atoms. The molecule has 0 saturated carbocycles. The number of nitriles is 1. The van der Waals surface area contributed by atoms with Crippen LogP contribution >= 0.6 is 15.9 Å². The van der Waals surface area contributed by atoms with E-state index in [1.807, 2.05) is 25.2 Å². The monoisotopic (exact) mass is 427 g/mol. The van der Waals surface area contributed by atoms with Crippen molar-refractivity contribution in [2.45, 2.75) is 18.9 Å². The fourth-order valence-corrected chi connectivity index (χ4v) is 3.96. The highest BCUT2D eigenvalue weighted by molar-refractivity contribution is 9.10. The number of anilines is 3. The van der Waals surface area contributed by atoms with Crippen LogP contribution in [0.25, 0.3) is 11.0 Å². The summed E-state index contributed by atoms with van der Waals surface area (Å²) in [5.41, 5.74) is 2.96. The number of nitrogens with zero attached hydrogens (tertiary/aromatic N) is 6. The van der Waals surface area contributed by atoms with E-state index < -0.39 is 0 Å². The minimum atomic E-state index is -0.245. The summed E-state index contributed by atoms with van der Waals surface area (Å²) in [6.07, 6.45) is 2.68. The highest BCUT2D eigenvalue weighted by atomic mass is 79.9. The minimum absolute atomic E-state index is 0.245. The second-order valence-electron chi connectivity index (χ2n) is 6.52. The van der Waals surface area contributed by atoms with Crippen LogP contribution in [-0.4, -0.2) is 44.0 Å². The van der Waals surface area contributed by atoms with Crippen molar-refractivity contribution in [1.82, 2.24) is 19.7 Å². The molecule has 1 aromatic carbocycles. The van der Waals surface area contributed by atoms with Crippen molar-refractivity contribution in [3.05, 3.63) is 34.7 Å². The maximum Gasteiger partial charge on any atom is 0.164 e. The number of aromatic nitrogens is 4. The molecule has 0 radical (unpaired) electrons. The molecule has 3 heterocycles. The van der Waals surface area contributed by atoms with Gasteiger partial charge in [0.25, 0.3) is 0 Å². The van der Waals surface area contributed by atoms with Gasteiger partial charge in [-0.2, -0.15) is 10.4 Å². The SMILES string of the molecule is Cn1nc(Br)c2c(Nc3ccc(N4CCC(O)CC4)c(C#N)c3)ncnc21. The Balaban J connectivity index is 1.65. The molecule has 8 nitrogen and oxygen atoms in total. The third kappa shape index (κ3) is 3.34. The Morgan fingerprint density at radius 3 is 2.81 bits per heavy atom. The predicted molar refractivity (Wildman–Crippen MR) is 106 cm³/mol. The molecule has 1 aliphatic heterocycles. The standard InChI is InChI=1S/C18H18BrN7O/c1-25-18-15(16(19)24-25)17(21-10-22-18)23-12-2-3-14(11(8-12)9-20)26-6-4-13(27)5-7-26/h2-3,8,10,13,27H,4-7H2,1H3,(H,21,22,23). The van der Waals surface area contributed by atoms with Crippen molar-refractivity contribution < 1.29 is 5.11 Å². The molecule has 138 valence electrons. The van der Waals surface area contributed by atoms with E-state index in [1.165, 1.54) is 6.33 Å². The maximum absolute atomic E-state index is 9.69. The number of aliphatic hydroxyl groups is 1. The van der Waals surface area contributed by atoms with E-state index in [-0.39, 0.29) is 6.10 Å². The zero-order valence-corrected chi connectivity index (χ0v) is 16.3. The first-order valence-corrected chi connectivity index (χ1v) is 9.43. The van der Waals surface area contributed by atoms with Crippen LogP contribution in [0.2, 0.25) is 0 Å². The Bertz CT molecular complexity index is 1030. The van der Waals surface area contributed by atoms with Crippen molar-refractivity contribution in [2.24, 2.45) is 7.05 Å². The van der Waals surface area contributed by atoms with Gasteiger partial charge in [-0.25, -0.2) is 14.6 Å². The molecule has 4 rings (SSSR count). The zero-order valence-electron chi connectivity index (χ0n) is 14.7. The average Bonchev–Trinajstić information content (AvgIpc) is 2.97. The van der Waals surface area contributed by atoms with Crippen LogP contribution in [0.15, 0.2) is 29.1 Å². The Morgan fingerprint density at radius 1 is 1.30 bits per heavy atom. The Morgan fingerprint density at radius 2 is 2.07 bits per heavy atom. The van der Waals surface area contributed by atoms with Gasteiger partial charge < -0.3 is 15.3 Å². The normalized spacial score (nSPS) is 15.1. The lowest BCUT2D eigenvalue weighted by Crippen LogP contribution is -2.36. The van der Waals surface area contributed by atoms with Gasteiger partial charge >= 0.3 is 0 Å². The first kappa shape index (κ1) is 17.7. The lowest BCUT2D eigenvalue weighted by atomic mass is 10.0. The summed E-state index contributed by atoms with van der Waals surface area (Å²) in [6, 6.07) is 7.97. The van der Waals surface area contributed by atoms with Crippen molar-refractivity contribution in [1.29, 1.82) is 5.26 Å². The Kier molecular flexibility index (Phi) is 4.68. The Hall–Kier alpha value is -2.70. The van der Waals surface area contributed by atoms with Gasteiger partial charge in [0.05, 0.1) is 22.7 Å². The summed E-state index contributed by atoms with van der Waals surface area (Å²) in [5.74, 6) is 0.623. The van der Waals surface area contributed by atoms with Gasteiger partial charge in [0, 0.05) is 25.8 Å². The number of hydrogen-bond donors (Lipinski definition) is 2. The second-order valence-corrected chi connectivity index (χ2v) is 7.27. The molecule has 0 aliphatic carbocycles. The number of halogens is 1. The summed E-state index contributed by atoms with van der Waals surface area (Å²) < 4.78 is 2.34. The van der Waals surface area contributed by atoms with Gasteiger partial charge in [-0.1, -0.05) is 0 Å². The third-order valence-corrected chi connectivity index (χ3v) is 5.32. The average molecular weight is 428 g/mol. The summed E-state index contributed by atoms with van der Waals surface area (Å²) in [6.45, 7) is 1.50. The van der Waals surface area contributed by atoms with E-state index in [0.717, 1.165) is 42.7 Å². The molecule has 2 aromatic heterocycles. The number of hydrogen-bond acceptors (Lipinski definition) is 7. The van der Waals surface area contributed by atoms with Crippen LogP contribution in [0.3, 0.4) is 0 Å². The fraction of sp³-hybridized carbons (Fsp3) is 0.333. The summed E-state index contributed by atoms with van der Waals surface area (Å²) in [7, 11) is 1.82. The van der Waals surface area contributed by atoms with Gasteiger partial charge in [-0.3, -0.25) is 0 Å². The van der Waals surface area contributed by atoms with Crippen LogP contribution < -0.4 is 10.2 Å². The smallest absolute Gasteiger partial charge is 0.164 e. The molecule has 9 heteroatoms. The van der Waals surface area contributed by atoms with Crippen LogP contribution in [0.1, 0.15) is 18.4 Å². The molecule has 3 aromatic rings. The Labute approximate surface area is 164 Å². The molecule has 0 amide bonds. The van der Waals surface area contributed by atoms with Crippen molar-refractivity contribution in [2.75, 3.05) is 23.3 Å². The maximum atomic E-state index is 9.69. The number of aryl methyl sites for hydroxylation is 1. The van der Waals surface area contributed by atoms with E-state index in [2.05, 4.69) is 47.3 Å². The number of nitrogens with one attached hydrogen (secondary N) is 1. The van der Waals surface area contributed by atoms with Gasteiger partial charge in [-0.05, 0) is 47.0 Å². The molecule has 2 N–H and O–H groups in total. The van der Waals surface area contributed by atoms with Gasteiger partial charge in [-0.15, -0.1) is 0 Å². The first-order chi connectivity index (χ1) is 13.1. The molecule has 1 saturated heterocycles. The van der Waals surface area contributed by atoms with E-state index in [0.29, 0.717) is 21.6 Å². The van der Waals surface area contributed by atoms with E-state index >= 15 is 0 Å². The predicted octanol–water partition coefficient (Wildman–Crippen LogP) is 2.70. The number of piperidine rings is 1. The third-order valence-electron chi connectivity index (χ3n) is 4.76. The second kappa shape index (κ2) is 7.13. The lowest BCUT2D eigenvalue weighted by molar-refractivity contribution is 0.145. The number of aliphatic hydroxyl groups excluding tert-OH is 1. The molecule has 0 unspecified atom stereocenters. The lowest BCUT2D eigenvalue weighted by Gasteiger charge is -2.32. The number of benzene rings is 1. The molecular weight excluding hydrogens is 410 g/mol. The van der Waals surface area contributed by atoms with E-state index in [4.69, 9.17) is 0 Å². The quantitative estimate of drug-likeness (QED) is 0.661. The molecule has 0 atom stereocenters. The highest BCUT2D eigenvalue weighted by Gasteiger charge is 2.20. The van der Waals surface area contributed by atoms with Gasteiger partial charge in [0.15, 0.2) is 5.65 Å². The molecule has 1 aliphatic rings. The molecular formula is C18H18BrN7O. The minimum Gasteiger partial charge on any atom is -0.393 e. The summed E-state index contributed by atoms with van der Waals surface area (Å²) in [5, 5.41) is 27.7. The van der Waals surface area contributed by atoms with Crippen molar-refractivity contribution in [3.63, 3.8) is 0 Å². The van der Waals surface area contributed by atoms with Crippen molar-refractivity contribution in [3.8, 4) is 6.07 Å². The fourth-order valence-electron chi connectivity index (χ4n) is 3.36. The number of fused-ring (bicyclic) bond motifs is 1. The van der Waals surface area contributed by atoms with Crippen LogP contribution in [0.4, 0.5) is 17.2 Å². The summed E-state index contributed by atoms with van der Waals surface area (Å²) in [4.78, 5) is 10.7. The first-order valence-electron chi connectivity index (χ1n) is 8.64. The summed E-state index contributed by atoms with van der Waals surface area (Å²) >= 11 is 3.45. The van der Waals surface area contributed by atoms with Gasteiger partial charge in [0.2, 0.25) is 0 Å².